The standard InChI is InChI=1S/C62H65BrN4O12/c1-5-72-54(68)23-13-35-76-50-19-11-20-51(77-36-14-24-55(69)73-6-2)61(50)59-46-29-27-40(64-46)39-41-28-30-47(65-41)60(49-34-32-45(67-49)58(44-31-33-48(59)66-44)42-17-9-10-18-43(42)63)62-52(78-37-15-25-56(70)74-7-3)21-12-22-53(62)79-38-16-26-57(71)75-8-4/h9-12,17-22,27-34,39,64,67H,5-8,13-16,23-26,35-38H2,1-4H3. The number of benzene rings is 3. The minimum absolute atomic E-state index is 0.185. The summed E-state index contributed by atoms with van der Waals surface area (Å²) >= 11 is 3.87. The minimum atomic E-state index is -0.302. The second-order valence-corrected chi connectivity index (χ2v) is 19.0. The van der Waals surface area contributed by atoms with Gasteiger partial charge in [0.1, 0.15) is 23.0 Å². The molecule has 79 heavy (non-hydrogen) atoms. The Labute approximate surface area is 467 Å². The fraction of sp³-hybridized carbons (Fsp3) is 0.323. The van der Waals surface area contributed by atoms with Crippen molar-refractivity contribution in [3.8, 4) is 56.4 Å². The van der Waals surface area contributed by atoms with Gasteiger partial charge in [-0.25, -0.2) is 9.97 Å². The van der Waals surface area contributed by atoms with Crippen LogP contribution in [0.3, 0.4) is 0 Å². The summed E-state index contributed by atoms with van der Waals surface area (Å²) in [7, 11) is 0. The van der Waals surface area contributed by atoms with Crippen molar-refractivity contribution >= 4 is 86.2 Å². The molecule has 3 aromatic carbocycles. The van der Waals surface area contributed by atoms with E-state index in [9.17, 15) is 19.2 Å². The fourth-order valence-corrected chi connectivity index (χ4v) is 9.62. The summed E-state index contributed by atoms with van der Waals surface area (Å²) in [5.74, 6) is 0.795. The molecule has 0 fully saturated rings. The lowest BCUT2D eigenvalue weighted by molar-refractivity contribution is -0.144. The Morgan fingerprint density at radius 2 is 0.823 bits per heavy atom. The second-order valence-electron chi connectivity index (χ2n) is 18.1. The van der Waals surface area contributed by atoms with Gasteiger partial charge in [0.15, 0.2) is 0 Å². The third kappa shape index (κ3) is 14.9. The molecule has 16 nitrogen and oxygen atoms in total. The number of carbonyl (C=O) groups is 4. The van der Waals surface area contributed by atoms with Gasteiger partial charge in [-0.3, -0.25) is 19.2 Å². The molecular formula is C62H65BrN4O12. The Hall–Kier alpha value is -8.18. The zero-order chi connectivity index (χ0) is 55.5. The first-order valence-electron chi connectivity index (χ1n) is 26.9. The third-order valence-electron chi connectivity index (χ3n) is 12.5. The predicted molar refractivity (Wildman–Crippen MR) is 308 cm³/mol. The maximum Gasteiger partial charge on any atom is 0.305 e. The molecule has 3 aromatic heterocycles. The molecule has 0 radical (unpaired) electrons. The number of H-pyrrole nitrogens is 2. The number of fused-ring (bicyclic) bond motifs is 8. The number of nitrogens with zero attached hydrogens (tertiary/aromatic N) is 2. The van der Waals surface area contributed by atoms with Gasteiger partial charge in [0.05, 0.1) is 86.8 Å². The van der Waals surface area contributed by atoms with Crippen LogP contribution in [0.2, 0.25) is 0 Å². The molecule has 6 aromatic rings. The van der Waals surface area contributed by atoms with Gasteiger partial charge in [-0.1, -0.05) is 46.3 Å². The highest BCUT2D eigenvalue weighted by molar-refractivity contribution is 9.10. The molecule has 8 bridgehead atoms. The van der Waals surface area contributed by atoms with Crippen LogP contribution in [0.4, 0.5) is 0 Å². The van der Waals surface area contributed by atoms with Gasteiger partial charge < -0.3 is 47.9 Å². The maximum atomic E-state index is 12.4. The van der Waals surface area contributed by atoms with E-state index in [-0.39, 0.29) is 76.0 Å². The average Bonchev–Trinajstić information content (AvgIpc) is 4.44. The Bertz CT molecular complexity index is 3190. The SMILES string of the molecule is CCOC(=O)CCCOc1cccc(OCCCC(=O)OCC)c1-c1c2nc(c(-c3ccccc3Br)c3ccc([nH]3)c(-c3c(OCCCC(=O)OCC)cccc3OCCCC(=O)OCC)c3nc(cc4ccc1[nH]4)C=C3)C=C2. The minimum Gasteiger partial charge on any atom is -0.493 e. The van der Waals surface area contributed by atoms with E-state index >= 15 is 0 Å². The van der Waals surface area contributed by atoms with Crippen LogP contribution in [-0.4, -0.2) is 96.7 Å². The van der Waals surface area contributed by atoms with E-state index in [2.05, 4.69) is 25.9 Å². The molecule has 0 spiro atoms. The normalized spacial score (nSPS) is 11.5. The number of hydrogen-bond acceptors (Lipinski definition) is 14. The molecule has 8 rings (SSSR count). The summed E-state index contributed by atoms with van der Waals surface area (Å²) in [4.78, 5) is 67.6. The lowest BCUT2D eigenvalue weighted by Crippen LogP contribution is -2.08. The van der Waals surface area contributed by atoms with Crippen LogP contribution in [0, 0.1) is 0 Å². The molecule has 2 aliphatic rings. The lowest BCUT2D eigenvalue weighted by Gasteiger charge is -2.18. The highest BCUT2D eigenvalue weighted by atomic mass is 79.9. The van der Waals surface area contributed by atoms with E-state index in [0.29, 0.717) is 131 Å². The smallest absolute Gasteiger partial charge is 0.305 e. The number of rotatable bonds is 27. The Balaban J connectivity index is 1.36. The Morgan fingerprint density at radius 1 is 0.430 bits per heavy atom. The highest BCUT2D eigenvalue weighted by Crippen LogP contribution is 2.46. The van der Waals surface area contributed by atoms with E-state index in [1.807, 2.05) is 115 Å². The predicted octanol–water partition coefficient (Wildman–Crippen LogP) is 13.3. The van der Waals surface area contributed by atoms with Gasteiger partial charge in [0.2, 0.25) is 0 Å². The number of aromatic amines is 2. The Kier molecular flexibility index (Phi) is 20.5. The molecule has 17 heteroatoms. The largest absolute Gasteiger partial charge is 0.493 e. The molecule has 0 saturated carbocycles. The highest BCUT2D eigenvalue weighted by Gasteiger charge is 2.25. The molecule has 412 valence electrons. The van der Waals surface area contributed by atoms with E-state index in [1.165, 1.54) is 0 Å². The zero-order valence-electron chi connectivity index (χ0n) is 45.0. The summed E-state index contributed by atoms with van der Waals surface area (Å²) in [6.07, 6.45) is 10.2. The summed E-state index contributed by atoms with van der Waals surface area (Å²) in [6, 6.07) is 29.0. The van der Waals surface area contributed by atoms with Crippen molar-refractivity contribution < 1.29 is 57.1 Å². The van der Waals surface area contributed by atoms with Crippen LogP contribution < -0.4 is 18.9 Å². The van der Waals surface area contributed by atoms with Crippen molar-refractivity contribution in [2.24, 2.45) is 0 Å². The number of ether oxygens (including phenoxy) is 8. The van der Waals surface area contributed by atoms with Gasteiger partial charge in [-0.05, 0) is 138 Å². The van der Waals surface area contributed by atoms with E-state index < -0.39 is 0 Å². The zero-order valence-corrected chi connectivity index (χ0v) is 46.5. The molecule has 0 saturated heterocycles. The van der Waals surface area contributed by atoms with E-state index in [4.69, 9.17) is 47.9 Å². The summed E-state index contributed by atoms with van der Waals surface area (Å²) in [5.41, 5.74) is 9.61. The van der Waals surface area contributed by atoms with Crippen molar-refractivity contribution in [2.45, 2.75) is 79.1 Å². The van der Waals surface area contributed by atoms with Gasteiger partial charge >= 0.3 is 23.9 Å². The molecule has 2 aliphatic heterocycles. The molecular weight excluding hydrogens is 1070 g/mol. The molecule has 0 aliphatic carbocycles. The summed E-state index contributed by atoms with van der Waals surface area (Å²) < 4.78 is 47.8. The topological polar surface area (TPSA) is 199 Å². The van der Waals surface area contributed by atoms with E-state index in [1.54, 1.807) is 27.7 Å². The van der Waals surface area contributed by atoms with Crippen LogP contribution in [0.15, 0.2) is 95.5 Å². The molecule has 5 heterocycles. The van der Waals surface area contributed by atoms with Crippen molar-refractivity contribution in [1.29, 1.82) is 0 Å². The first-order chi connectivity index (χ1) is 38.6. The van der Waals surface area contributed by atoms with Gasteiger partial charge in [0.25, 0.3) is 0 Å². The van der Waals surface area contributed by atoms with Gasteiger partial charge in [0, 0.05) is 74.5 Å². The first-order valence-corrected chi connectivity index (χ1v) is 27.7. The maximum absolute atomic E-state index is 12.4. The number of carbonyl (C=O) groups excluding carboxylic acids is 4. The number of nitrogens with one attached hydrogen (secondary N) is 2. The number of halogens is 1. The summed E-state index contributed by atoms with van der Waals surface area (Å²) in [5, 5.41) is 0. The quantitative estimate of drug-likeness (QED) is 0.0280. The van der Waals surface area contributed by atoms with Gasteiger partial charge in [-0.15, -0.1) is 0 Å². The molecule has 2 N–H and O–H groups in total. The van der Waals surface area contributed by atoms with Gasteiger partial charge in [-0.2, -0.15) is 0 Å². The van der Waals surface area contributed by atoms with Crippen molar-refractivity contribution in [2.75, 3.05) is 52.9 Å². The van der Waals surface area contributed by atoms with Crippen molar-refractivity contribution in [3.63, 3.8) is 0 Å². The molecule has 0 amide bonds. The van der Waals surface area contributed by atoms with Crippen LogP contribution >= 0.6 is 15.9 Å². The lowest BCUT2D eigenvalue weighted by atomic mass is 10.0. The number of aromatic nitrogens is 4. The molecule has 0 atom stereocenters. The fourth-order valence-electron chi connectivity index (χ4n) is 9.14. The Morgan fingerprint density at radius 3 is 1.28 bits per heavy atom. The second kappa shape index (κ2) is 28.4. The van der Waals surface area contributed by atoms with Crippen LogP contribution in [-0.2, 0) is 38.1 Å². The van der Waals surface area contributed by atoms with E-state index in [0.717, 1.165) is 26.6 Å². The van der Waals surface area contributed by atoms with Crippen molar-refractivity contribution in [1.82, 2.24) is 19.9 Å². The first kappa shape index (κ1) is 57.0. The average molecular weight is 1140 g/mol. The van der Waals surface area contributed by atoms with Crippen LogP contribution in [0.25, 0.3) is 79.8 Å². The van der Waals surface area contributed by atoms with Crippen LogP contribution in [0.5, 0.6) is 23.0 Å². The molecule has 0 unspecified atom stereocenters. The van der Waals surface area contributed by atoms with Crippen molar-refractivity contribution in [3.05, 3.63) is 118 Å². The number of hydrogen-bond donors (Lipinski definition) is 2. The monoisotopic (exact) mass is 1140 g/mol. The summed E-state index contributed by atoms with van der Waals surface area (Å²) in [6.45, 7) is 9.12. The number of esters is 4. The van der Waals surface area contributed by atoms with Crippen LogP contribution in [0.1, 0.15) is 102 Å². The third-order valence-corrected chi connectivity index (χ3v) is 13.2.